The summed E-state index contributed by atoms with van der Waals surface area (Å²) in [6, 6.07) is 0. The number of sulfone groups is 1. The lowest BCUT2D eigenvalue weighted by Crippen LogP contribution is -2.69. The molecular weight excluding hydrogens is 661 g/mol. The van der Waals surface area contributed by atoms with Crippen LogP contribution in [0.4, 0.5) is 0 Å². The van der Waals surface area contributed by atoms with Gasteiger partial charge in [0.1, 0.15) is 6.10 Å². The van der Waals surface area contributed by atoms with Crippen LogP contribution in [0.15, 0.2) is 12.2 Å². The predicted molar refractivity (Wildman–Crippen MR) is 203 cm³/mol. The van der Waals surface area contributed by atoms with E-state index in [0.717, 1.165) is 32.4 Å². The Labute approximate surface area is 309 Å². The maximum absolute atomic E-state index is 13.2. The first-order chi connectivity index (χ1) is 23.6. The van der Waals surface area contributed by atoms with E-state index in [1.807, 2.05) is 13.8 Å². The van der Waals surface area contributed by atoms with E-state index in [-0.39, 0.29) is 63.6 Å². The normalized spacial score (nSPS) is 43.2. The number of carbonyl (C=O) groups is 2. The number of allylic oxidation sites excluding steroid dienone is 1. The van der Waals surface area contributed by atoms with Crippen molar-refractivity contribution in [3.8, 4) is 0 Å². The molecule has 1 aliphatic heterocycles. The summed E-state index contributed by atoms with van der Waals surface area (Å²) in [7, 11) is -2.87. The van der Waals surface area contributed by atoms with E-state index in [1.165, 1.54) is 50.5 Å². The van der Waals surface area contributed by atoms with Crippen molar-refractivity contribution in [2.45, 2.75) is 144 Å². The highest BCUT2D eigenvalue weighted by Crippen LogP contribution is 2.76. The molecule has 0 radical (unpaired) electrons. The lowest BCUT2D eigenvalue weighted by molar-refractivity contribution is -0.246. The van der Waals surface area contributed by atoms with Gasteiger partial charge in [-0.1, -0.05) is 60.6 Å². The van der Waals surface area contributed by atoms with Crippen LogP contribution in [0.3, 0.4) is 0 Å². The van der Waals surface area contributed by atoms with Crippen LogP contribution in [0.5, 0.6) is 0 Å². The largest absolute Gasteiger partial charge is 0.481 e. The third-order valence-electron chi connectivity index (χ3n) is 16.9. The summed E-state index contributed by atoms with van der Waals surface area (Å²) >= 11 is 0. The van der Waals surface area contributed by atoms with Crippen molar-refractivity contribution in [2.75, 3.05) is 37.7 Å². The van der Waals surface area contributed by atoms with Gasteiger partial charge in [0.25, 0.3) is 0 Å². The van der Waals surface area contributed by atoms with Crippen LogP contribution in [-0.2, 0) is 24.2 Å². The van der Waals surface area contributed by atoms with Crippen molar-refractivity contribution < 1.29 is 27.9 Å². The number of fused-ring (bicyclic) bond motifs is 7. The van der Waals surface area contributed by atoms with Gasteiger partial charge in [0, 0.05) is 37.1 Å². The molecule has 5 saturated carbocycles. The minimum Gasteiger partial charge on any atom is -0.481 e. The third kappa shape index (κ3) is 6.78. The quantitative estimate of drug-likeness (QED) is 0.175. The molecule has 1 heterocycles. The van der Waals surface area contributed by atoms with E-state index >= 15 is 0 Å². The van der Waals surface area contributed by atoms with Crippen LogP contribution >= 0.6 is 0 Å². The maximum atomic E-state index is 13.2. The second-order valence-corrected chi connectivity index (χ2v) is 22.8. The standard InChI is InChI=1S/C42H70N2O6S/c1-28(2)29-12-17-42(43-20-21-44-22-24-51(48,49)25-23-44)19-18-40(8)30(36(29)42)10-11-32-39(7)15-14-33(38(5,6)31(39)13-16-41(32,40)9)50-35(47)27-37(3,4)26-34(45)46/h29-33,36,43H,1,10-27H2,2-9H3,(H,45,46)/t29-,30+,31-,32?,33-,36+,39-,40+,41+,42-/m0/s1. The Morgan fingerprint density at radius 1 is 0.882 bits per heavy atom. The van der Waals surface area contributed by atoms with Gasteiger partial charge in [-0.3, -0.25) is 9.59 Å². The summed E-state index contributed by atoms with van der Waals surface area (Å²) in [5, 5.41) is 13.5. The Morgan fingerprint density at radius 3 is 2.22 bits per heavy atom. The molecule has 1 unspecified atom stereocenters. The van der Waals surface area contributed by atoms with Crippen molar-refractivity contribution in [3.05, 3.63) is 12.2 Å². The number of hydrogen-bond acceptors (Lipinski definition) is 7. The van der Waals surface area contributed by atoms with Gasteiger partial charge in [0.05, 0.1) is 24.3 Å². The van der Waals surface area contributed by atoms with E-state index in [0.29, 0.717) is 42.7 Å². The van der Waals surface area contributed by atoms with Crippen molar-refractivity contribution >= 4 is 21.8 Å². The zero-order chi connectivity index (χ0) is 37.4. The lowest BCUT2D eigenvalue weighted by atomic mass is 9.32. The Bertz CT molecular complexity index is 1480. The number of ether oxygens (including phenoxy) is 1. The molecule has 6 aliphatic rings. The van der Waals surface area contributed by atoms with Gasteiger partial charge in [-0.25, -0.2) is 8.42 Å². The number of nitrogens with zero attached hydrogens (tertiary/aromatic N) is 1. The van der Waals surface area contributed by atoms with Crippen LogP contribution in [0.25, 0.3) is 0 Å². The van der Waals surface area contributed by atoms with E-state index in [9.17, 15) is 23.1 Å². The molecule has 6 rings (SSSR count). The Morgan fingerprint density at radius 2 is 1.57 bits per heavy atom. The predicted octanol–water partition coefficient (Wildman–Crippen LogP) is 7.52. The van der Waals surface area contributed by atoms with E-state index < -0.39 is 21.2 Å². The maximum Gasteiger partial charge on any atom is 0.306 e. The molecule has 51 heavy (non-hydrogen) atoms. The highest BCUT2D eigenvalue weighted by Gasteiger charge is 2.71. The van der Waals surface area contributed by atoms with Crippen LogP contribution in [-0.4, -0.2) is 79.7 Å². The molecule has 290 valence electrons. The molecule has 8 nitrogen and oxygen atoms in total. The number of rotatable bonds is 10. The molecule has 0 aromatic heterocycles. The number of carboxylic acid groups (broad SMARTS) is 1. The Kier molecular flexibility index (Phi) is 10.3. The summed E-state index contributed by atoms with van der Waals surface area (Å²) in [6.45, 7) is 26.3. The first-order valence-electron chi connectivity index (χ1n) is 20.3. The van der Waals surface area contributed by atoms with E-state index in [1.54, 1.807) is 0 Å². The second-order valence-electron chi connectivity index (χ2n) is 20.5. The molecule has 0 aromatic carbocycles. The van der Waals surface area contributed by atoms with Gasteiger partial charge in [0.2, 0.25) is 0 Å². The average molecular weight is 731 g/mol. The summed E-state index contributed by atoms with van der Waals surface area (Å²) in [5.74, 6) is 2.28. The Balaban J connectivity index is 1.19. The summed E-state index contributed by atoms with van der Waals surface area (Å²) in [6.07, 6.45) is 11.6. The summed E-state index contributed by atoms with van der Waals surface area (Å²) in [5.41, 5.74) is 1.33. The summed E-state index contributed by atoms with van der Waals surface area (Å²) in [4.78, 5) is 26.9. The fourth-order valence-electron chi connectivity index (χ4n) is 14.1. The molecule has 9 heteroatoms. The van der Waals surface area contributed by atoms with E-state index in [4.69, 9.17) is 4.74 Å². The van der Waals surface area contributed by atoms with E-state index in [2.05, 4.69) is 58.3 Å². The lowest BCUT2D eigenvalue weighted by Gasteiger charge is -2.73. The molecule has 2 N–H and O–H groups in total. The first kappa shape index (κ1) is 39.2. The third-order valence-corrected chi connectivity index (χ3v) is 18.5. The molecule has 10 atom stereocenters. The van der Waals surface area contributed by atoms with Crippen molar-refractivity contribution in [1.82, 2.24) is 10.2 Å². The smallest absolute Gasteiger partial charge is 0.306 e. The highest BCUT2D eigenvalue weighted by molar-refractivity contribution is 7.91. The zero-order valence-corrected chi connectivity index (χ0v) is 34.1. The number of carbonyl (C=O) groups excluding carboxylic acids is 1. The number of carboxylic acids is 1. The molecule has 0 aromatic rings. The minimum absolute atomic E-state index is 0.0467. The first-order valence-corrected chi connectivity index (χ1v) is 22.2. The molecular formula is C42H70N2O6S. The van der Waals surface area contributed by atoms with Crippen LogP contribution in [0, 0.1) is 56.7 Å². The minimum atomic E-state index is -2.87. The second kappa shape index (κ2) is 13.4. The molecule has 0 amide bonds. The fraction of sp³-hybridized carbons (Fsp3) is 0.905. The number of hydrogen-bond donors (Lipinski definition) is 2. The number of esters is 1. The summed E-state index contributed by atoms with van der Waals surface area (Å²) < 4.78 is 30.3. The fourth-order valence-corrected chi connectivity index (χ4v) is 15.4. The zero-order valence-electron chi connectivity index (χ0n) is 33.2. The van der Waals surface area contributed by atoms with Gasteiger partial charge in [-0.05, 0) is 122 Å². The van der Waals surface area contributed by atoms with Crippen molar-refractivity contribution in [2.24, 2.45) is 56.7 Å². The van der Waals surface area contributed by atoms with Gasteiger partial charge in [0.15, 0.2) is 9.84 Å². The van der Waals surface area contributed by atoms with Crippen LogP contribution < -0.4 is 5.32 Å². The number of aliphatic carboxylic acids is 1. The van der Waals surface area contributed by atoms with Crippen LogP contribution in [0.2, 0.25) is 0 Å². The highest BCUT2D eigenvalue weighted by atomic mass is 32.2. The monoisotopic (exact) mass is 730 g/mol. The molecule has 0 spiro atoms. The average Bonchev–Trinajstić information content (AvgIpc) is 3.39. The van der Waals surface area contributed by atoms with Gasteiger partial charge in [-0.2, -0.15) is 0 Å². The van der Waals surface area contributed by atoms with Crippen molar-refractivity contribution in [3.63, 3.8) is 0 Å². The molecule has 6 fully saturated rings. The van der Waals surface area contributed by atoms with Crippen molar-refractivity contribution in [1.29, 1.82) is 0 Å². The molecule has 0 bridgehead atoms. The molecule has 5 aliphatic carbocycles. The number of nitrogens with one attached hydrogen (secondary N) is 1. The SMILES string of the molecule is C=C(C)[C@@H]1CC[C@]2(NCCN3CCS(=O)(=O)CC3)CC[C@]3(C)[C@H](CCC4[C@@]5(C)CC[C@H](OC(=O)CC(C)(C)CC(=O)O)C(C)(C)[C@@H]5CC[C@]43C)[C@@H]12. The molecule has 1 saturated heterocycles. The topological polar surface area (TPSA) is 113 Å². The van der Waals surface area contributed by atoms with Gasteiger partial charge < -0.3 is 20.1 Å². The van der Waals surface area contributed by atoms with Gasteiger partial charge >= 0.3 is 11.9 Å². The van der Waals surface area contributed by atoms with Crippen LogP contribution in [0.1, 0.15) is 132 Å². The Hall–Kier alpha value is -1.45. The van der Waals surface area contributed by atoms with Gasteiger partial charge in [-0.15, -0.1) is 0 Å².